The molecule has 110 valence electrons. The maximum atomic E-state index is 11.4. The molecule has 0 fully saturated rings. The van der Waals surface area contributed by atoms with E-state index in [1.165, 1.54) is 13.8 Å². The molecule has 0 radical (unpaired) electrons. The molecule has 0 aliphatic rings. The summed E-state index contributed by atoms with van der Waals surface area (Å²) in [5, 5.41) is 8.49. The Kier molecular flexibility index (Phi) is 6.98. The third-order valence-corrected chi connectivity index (χ3v) is 2.17. The van der Waals surface area contributed by atoms with Gasteiger partial charge in [0.15, 0.2) is 0 Å². The van der Waals surface area contributed by atoms with Crippen molar-refractivity contribution in [2.45, 2.75) is 38.1 Å². The monoisotopic (exact) mass is 277 g/mol. The molecule has 19 heavy (non-hydrogen) atoms. The summed E-state index contributed by atoms with van der Waals surface area (Å²) < 4.78 is 9.41. The molecule has 9 nitrogen and oxygen atoms in total. The Balaban J connectivity index is 4.25. The van der Waals surface area contributed by atoms with Gasteiger partial charge < -0.3 is 31.8 Å². The molecule has 0 bridgehead atoms. The van der Waals surface area contributed by atoms with Gasteiger partial charge in [0.1, 0.15) is 30.8 Å². The van der Waals surface area contributed by atoms with Crippen LogP contribution >= 0.6 is 0 Å². The number of ether oxygens (including phenoxy) is 2. The second kappa shape index (κ2) is 7.67. The molecule has 0 saturated carbocycles. The van der Waals surface area contributed by atoms with Gasteiger partial charge in [-0.15, -0.1) is 0 Å². The van der Waals surface area contributed by atoms with Gasteiger partial charge in [-0.2, -0.15) is 0 Å². The minimum Gasteiger partial charge on any atom is -0.480 e. The first-order valence-electron chi connectivity index (χ1n) is 5.53. The third-order valence-electron chi connectivity index (χ3n) is 2.17. The summed E-state index contributed by atoms with van der Waals surface area (Å²) in [6.07, 6.45) is -0.952. The highest BCUT2D eigenvalue weighted by molar-refractivity contribution is 5.79. The van der Waals surface area contributed by atoms with E-state index in [1.54, 1.807) is 0 Å². The summed E-state index contributed by atoms with van der Waals surface area (Å²) >= 11 is 0. The zero-order valence-corrected chi connectivity index (χ0v) is 10.7. The largest absolute Gasteiger partial charge is 0.480 e. The summed E-state index contributed by atoms with van der Waals surface area (Å²) in [4.78, 5) is 33.0. The van der Waals surface area contributed by atoms with Crippen molar-refractivity contribution in [3.63, 3.8) is 0 Å². The van der Waals surface area contributed by atoms with E-state index in [0.29, 0.717) is 0 Å². The predicted molar refractivity (Wildman–Crippen MR) is 63.7 cm³/mol. The van der Waals surface area contributed by atoms with Crippen LogP contribution in [0.15, 0.2) is 0 Å². The van der Waals surface area contributed by atoms with Crippen molar-refractivity contribution in [3.05, 3.63) is 0 Å². The number of esters is 2. The Bertz CT molecular complexity index is 346. The number of carbonyl (C=O) groups is 3. The summed E-state index contributed by atoms with van der Waals surface area (Å²) in [6.45, 7) is 2.30. The smallest absolute Gasteiger partial charge is 0.326 e. The summed E-state index contributed by atoms with van der Waals surface area (Å²) in [6, 6.07) is -3.42. The zero-order valence-electron chi connectivity index (χ0n) is 10.7. The SMILES string of the molecule is C[C@H](N)C(=O)O[C@H](C)[C@H](N)C(=O)OC[C@H](N)C(=O)O. The molecule has 0 aliphatic heterocycles. The van der Waals surface area contributed by atoms with Crippen LogP contribution in [0.5, 0.6) is 0 Å². The highest BCUT2D eigenvalue weighted by Gasteiger charge is 2.27. The van der Waals surface area contributed by atoms with Crippen molar-refractivity contribution in [1.29, 1.82) is 0 Å². The molecular weight excluding hydrogens is 258 g/mol. The lowest BCUT2D eigenvalue weighted by molar-refractivity contribution is -0.157. The van der Waals surface area contributed by atoms with Gasteiger partial charge in [0.2, 0.25) is 0 Å². The molecule has 0 heterocycles. The van der Waals surface area contributed by atoms with Gasteiger partial charge in [0.25, 0.3) is 0 Å². The minimum atomic E-state index is -1.34. The number of carboxylic acids is 1. The standard InChI is InChI=1S/C10H19N3O6/c1-4(11)9(16)19-5(2)7(13)10(17)18-3-6(12)8(14)15/h4-7H,3,11-13H2,1-2H3,(H,14,15)/t4-,5+,6-,7-/m0/s1. The molecule has 0 unspecified atom stereocenters. The van der Waals surface area contributed by atoms with E-state index in [-0.39, 0.29) is 0 Å². The Hall–Kier alpha value is -1.71. The maximum absolute atomic E-state index is 11.4. The average Bonchev–Trinajstić information content (AvgIpc) is 2.33. The molecule has 0 amide bonds. The van der Waals surface area contributed by atoms with E-state index in [2.05, 4.69) is 4.74 Å². The number of rotatable bonds is 7. The van der Waals surface area contributed by atoms with Crippen LogP contribution in [-0.2, 0) is 23.9 Å². The molecule has 9 heteroatoms. The fourth-order valence-corrected chi connectivity index (χ4v) is 0.895. The van der Waals surface area contributed by atoms with Crippen LogP contribution in [-0.4, -0.2) is 53.9 Å². The number of carboxylic acid groups (broad SMARTS) is 1. The van der Waals surface area contributed by atoms with Crippen LogP contribution in [0.1, 0.15) is 13.8 Å². The number of hydrogen-bond acceptors (Lipinski definition) is 8. The molecule has 4 atom stereocenters. The van der Waals surface area contributed by atoms with Crippen molar-refractivity contribution < 1.29 is 29.0 Å². The fraction of sp³-hybridized carbons (Fsp3) is 0.700. The first-order valence-corrected chi connectivity index (χ1v) is 5.53. The van der Waals surface area contributed by atoms with Crippen molar-refractivity contribution in [2.24, 2.45) is 17.2 Å². The van der Waals surface area contributed by atoms with Gasteiger partial charge >= 0.3 is 17.9 Å². The Morgan fingerprint density at radius 3 is 2.05 bits per heavy atom. The average molecular weight is 277 g/mol. The third kappa shape index (κ3) is 6.13. The van der Waals surface area contributed by atoms with Gasteiger partial charge in [0.05, 0.1) is 0 Å². The van der Waals surface area contributed by atoms with Gasteiger partial charge in [0, 0.05) is 0 Å². The first kappa shape index (κ1) is 17.3. The molecule has 0 saturated heterocycles. The summed E-state index contributed by atoms with van der Waals surface area (Å²) in [5.41, 5.74) is 15.9. The van der Waals surface area contributed by atoms with E-state index in [9.17, 15) is 14.4 Å². The van der Waals surface area contributed by atoms with Crippen molar-refractivity contribution in [2.75, 3.05) is 6.61 Å². The van der Waals surface area contributed by atoms with E-state index >= 15 is 0 Å². The maximum Gasteiger partial charge on any atom is 0.326 e. The number of aliphatic carboxylic acids is 1. The highest BCUT2D eigenvalue weighted by Crippen LogP contribution is 2.01. The van der Waals surface area contributed by atoms with Crippen LogP contribution < -0.4 is 17.2 Å². The van der Waals surface area contributed by atoms with Gasteiger partial charge in [-0.1, -0.05) is 0 Å². The van der Waals surface area contributed by atoms with Gasteiger partial charge in [-0.25, -0.2) is 0 Å². The van der Waals surface area contributed by atoms with Gasteiger partial charge in [-0.05, 0) is 13.8 Å². The van der Waals surface area contributed by atoms with Crippen LogP contribution in [0, 0.1) is 0 Å². The minimum absolute atomic E-state index is 0.518. The Morgan fingerprint density at radius 2 is 1.63 bits per heavy atom. The van der Waals surface area contributed by atoms with Crippen molar-refractivity contribution in [3.8, 4) is 0 Å². The van der Waals surface area contributed by atoms with Crippen molar-refractivity contribution in [1.82, 2.24) is 0 Å². The highest BCUT2D eigenvalue weighted by atomic mass is 16.6. The fourth-order valence-electron chi connectivity index (χ4n) is 0.895. The summed E-state index contributed by atoms with van der Waals surface area (Å²) in [7, 11) is 0. The topological polar surface area (TPSA) is 168 Å². The van der Waals surface area contributed by atoms with Crippen LogP contribution in [0.2, 0.25) is 0 Å². The molecular formula is C10H19N3O6. The lowest BCUT2D eigenvalue weighted by Gasteiger charge is -2.20. The second-order valence-electron chi connectivity index (χ2n) is 4.03. The van der Waals surface area contributed by atoms with E-state index in [0.717, 1.165) is 0 Å². The second-order valence-corrected chi connectivity index (χ2v) is 4.03. The first-order chi connectivity index (χ1) is 8.66. The van der Waals surface area contributed by atoms with Crippen LogP contribution in [0.25, 0.3) is 0 Å². The van der Waals surface area contributed by atoms with Crippen molar-refractivity contribution >= 4 is 17.9 Å². The van der Waals surface area contributed by atoms with Crippen LogP contribution in [0.3, 0.4) is 0 Å². The molecule has 0 aromatic carbocycles. The quantitative estimate of drug-likeness (QED) is 0.369. The summed E-state index contributed by atoms with van der Waals surface area (Å²) in [5.74, 6) is -2.93. The molecule has 7 N–H and O–H groups in total. The van der Waals surface area contributed by atoms with Gasteiger partial charge in [-0.3, -0.25) is 14.4 Å². The lowest BCUT2D eigenvalue weighted by Crippen LogP contribution is -2.47. The zero-order chi connectivity index (χ0) is 15.2. The number of carbonyl (C=O) groups excluding carboxylic acids is 2. The normalized spacial score (nSPS) is 16.9. The van der Waals surface area contributed by atoms with E-state index in [4.69, 9.17) is 27.0 Å². The molecule has 0 spiro atoms. The number of nitrogens with two attached hydrogens (primary N) is 3. The molecule has 0 rings (SSSR count). The lowest BCUT2D eigenvalue weighted by atomic mass is 10.2. The number of hydrogen-bond donors (Lipinski definition) is 4. The van der Waals surface area contributed by atoms with E-state index < -0.39 is 48.7 Å². The molecule has 0 aromatic heterocycles. The Labute approximate surface area is 110 Å². The Morgan fingerprint density at radius 1 is 1.11 bits per heavy atom. The van der Waals surface area contributed by atoms with Crippen LogP contribution in [0.4, 0.5) is 0 Å². The van der Waals surface area contributed by atoms with E-state index in [1.807, 2.05) is 0 Å². The molecule has 0 aromatic rings. The predicted octanol–water partition coefficient (Wildman–Crippen LogP) is -2.45. The molecule has 0 aliphatic carbocycles.